The van der Waals surface area contributed by atoms with Gasteiger partial charge in [-0.15, -0.1) is 0 Å². The van der Waals surface area contributed by atoms with Crippen LogP contribution in [0.25, 0.3) is 0 Å². The van der Waals surface area contributed by atoms with Crippen molar-refractivity contribution in [3.05, 3.63) is 28.2 Å². The van der Waals surface area contributed by atoms with Crippen LogP contribution in [0.4, 0.5) is 5.69 Å². The van der Waals surface area contributed by atoms with E-state index in [1.165, 1.54) is 19.3 Å². The first kappa shape index (κ1) is 13.0. The molecule has 0 bridgehead atoms. The fourth-order valence-electron chi connectivity index (χ4n) is 2.54. The summed E-state index contributed by atoms with van der Waals surface area (Å²) in [5.74, 6) is 1.51. The predicted octanol–water partition coefficient (Wildman–Crippen LogP) is 5.23. The third-order valence-corrected chi connectivity index (χ3v) is 4.28. The van der Waals surface area contributed by atoms with E-state index in [0.717, 1.165) is 11.6 Å². The van der Waals surface area contributed by atoms with Crippen molar-refractivity contribution < 1.29 is 0 Å². The quantitative estimate of drug-likeness (QED) is 0.777. The molecule has 0 radical (unpaired) electrons. The minimum Gasteiger partial charge on any atom is -0.381 e. The average Bonchev–Trinajstić information content (AvgIpc) is 2.27. The smallest absolute Gasteiger partial charge is 0.0652 e. The van der Waals surface area contributed by atoms with Crippen LogP contribution in [0.15, 0.2) is 18.2 Å². The third kappa shape index (κ3) is 3.29. The molecule has 1 N–H and O–H groups in total. The summed E-state index contributed by atoms with van der Waals surface area (Å²) in [5.41, 5.74) is 1.00. The van der Waals surface area contributed by atoms with Gasteiger partial charge in [0.1, 0.15) is 0 Å². The second-order valence-corrected chi connectivity index (χ2v) is 6.11. The summed E-state index contributed by atoms with van der Waals surface area (Å²) in [6, 6.07) is 6.17. The Bertz CT molecular complexity index is 392. The van der Waals surface area contributed by atoms with E-state index < -0.39 is 0 Å². The number of hydrogen-bond acceptors (Lipinski definition) is 1. The van der Waals surface area contributed by atoms with E-state index in [1.807, 2.05) is 12.1 Å². The molecule has 17 heavy (non-hydrogen) atoms. The molecule has 0 saturated heterocycles. The number of anilines is 1. The summed E-state index contributed by atoms with van der Waals surface area (Å²) in [5, 5.41) is 4.96. The molecule has 1 aliphatic carbocycles. The third-order valence-electron chi connectivity index (χ3n) is 3.73. The van der Waals surface area contributed by atoms with Gasteiger partial charge in [0.2, 0.25) is 0 Å². The van der Waals surface area contributed by atoms with Gasteiger partial charge in [-0.2, -0.15) is 0 Å². The maximum absolute atomic E-state index is 6.19. The molecule has 3 unspecified atom stereocenters. The van der Waals surface area contributed by atoms with Crippen LogP contribution in [0.1, 0.15) is 33.1 Å². The molecular formula is C14H19Cl2N. The first-order chi connectivity index (χ1) is 8.06. The lowest BCUT2D eigenvalue weighted by Crippen LogP contribution is -2.33. The van der Waals surface area contributed by atoms with Crippen molar-refractivity contribution >= 4 is 28.9 Å². The van der Waals surface area contributed by atoms with Crippen LogP contribution in [0, 0.1) is 11.8 Å². The van der Waals surface area contributed by atoms with Gasteiger partial charge >= 0.3 is 0 Å². The van der Waals surface area contributed by atoms with Crippen molar-refractivity contribution in [1.29, 1.82) is 0 Å². The van der Waals surface area contributed by atoms with E-state index in [2.05, 4.69) is 19.2 Å². The van der Waals surface area contributed by atoms with Crippen LogP contribution >= 0.6 is 23.2 Å². The highest BCUT2D eigenvalue weighted by Crippen LogP contribution is 2.33. The molecular weight excluding hydrogens is 253 g/mol. The monoisotopic (exact) mass is 271 g/mol. The van der Waals surface area contributed by atoms with Gasteiger partial charge in [0.25, 0.3) is 0 Å². The van der Waals surface area contributed by atoms with Crippen molar-refractivity contribution in [2.24, 2.45) is 11.8 Å². The van der Waals surface area contributed by atoms with E-state index >= 15 is 0 Å². The van der Waals surface area contributed by atoms with Gasteiger partial charge in [0.15, 0.2) is 0 Å². The molecule has 3 atom stereocenters. The predicted molar refractivity (Wildman–Crippen MR) is 76.1 cm³/mol. The molecule has 0 aliphatic heterocycles. The highest BCUT2D eigenvalue weighted by Gasteiger charge is 2.25. The molecule has 0 heterocycles. The Morgan fingerprint density at radius 2 is 1.94 bits per heavy atom. The number of hydrogen-bond donors (Lipinski definition) is 1. The summed E-state index contributed by atoms with van der Waals surface area (Å²) in [4.78, 5) is 0. The molecule has 1 aromatic rings. The number of rotatable bonds is 2. The number of halogens is 2. The van der Waals surface area contributed by atoms with Crippen molar-refractivity contribution in [2.45, 2.75) is 39.2 Å². The first-order valence-corrected chi connectivity index (χ1v) is 7.03. The van der Waals surface area contributed by atoms with Gasteiger partial charge in [0.05, 0.1) is 10.7 Å². The summed E-state index contributed by atoms with van der Waals surface area (Å²) in [6.07, 6.45) is 3.86. The lowest BCUT2D eigenvalue weighted by atomic mass is 9.80. The highest BCUT2D eigenvalue weighted by atomic mass is 35.5. The molecule has 0 spiro atoms. The van der Waals surface area contributed by atoms with E-state index in [4.69, 9.17) is 23.2 Å². The van der Waals surface area contributed by atoms with Crippen molar-refractivity contribution in [3.8, 4) is 0 Å². The second kappa shape index (κ2) is 5.49. The van der Waals surface area contributed by atoms with Crippen LogP contribution < -0.4 is 5.32 Å². The van der Waals surface area contributed by atoms with Gasteiger partial charge in [-0.25, -0.2) is 0 Å². The van der Waals surface area contributed by atoms with Crippen LogP contribution in [-0.4, -0.2) is 6.04 Å². The zero-order chi connectivity index (χ0) is 12.4. The normalized spacial score (nSPS) is 29.1. The zero-order valence-corrected chi connectivity index (χ0v) is 11.9. The fourth-order valence-corrected chi connectivity index (χ4v) is 3.00. The van der Waals surface area contributed by atoms with Gasteiger partial charge in [-0.05, 0) is 42.9 Å². The van der Waals surface area contributed by atoms with E-state index in [-0.39, 0.29) is 0 Å². The van der Waals surface area contributed by atoms with E-state index in [0.29, 0.717) is 22.0 Å². The molecule has 0 aromatic heterocycles. The van der Waals surface area contributed by atoms with Gasteiger partial charge < -0.3 is 5.32 Å². The van der Waals surface area contributed by atoms with Crippen molar-refractivity contribution in [2.75, 3.05) is 5.32 Å². The van der Waals surface area contributed by atoms with Crippen LogP contribution in [0.2, 0.25) is 10.0 Å². The minimum atomic E-state index is 0.525. The van der Waals surface area contributed by atoms with Crippen LogP contribution in [0.3, 0.4) is 0 Å². The molecule has 2 rings (SSSR count). The summed E-state index contributed by atoms with van der Waals surface area (Å²) < 4.78 is 0. The molecule has 3 heteroatoms. The van der Waals surface area contributed by atoms with E-state index in [9.17, 15) is 0 Å². The Hall–Kier alpha value is -0.400. The number of benzene rings is 1. The minimum absolute atomic E-state index is 0.525. The Labute approximate surface area is 114 Å². The second-order valence-electron chi connectivity index (χ2n) is 5.27. The maximum Gasteiger partial charge on any atom is 0.0652 e. The Morgan fingerprint density at radius 1 is 1.18 bits per heavy atom. The van der Waals surface area contributed by atoms with Crippen LogP contribution in [0.5, 0.6) is 0 Å². The summed E-state index contributed by atoms with van der Waals surface area (Å²) in [6.45, 7) is 4.64. The highest BCUT2D eigenvalue weighted by molar-refractivity contribution is 6.36. The topological polar surface area (TPSA) is 12.0 Å². The Balaban J connectivity index is 2.08. The van der Waals surface area contributed by atoms with Gasteiger partial charge in [0, 0.05) is 11.1 Å². The first-order valence-electron chi connectivity index (χ1n) is 6.28. The average molecular weight is 272 g/mol. The molecule has 1 saturated carbocycles. The van der Waals surface area contributed by atoms with Crippen molar-refractivity contribution in [1.82, 2.24) is 0 Å². The standard InChI is InChI=1S/C14H19Cl2N/c1-9-3-4-10(2)14(7-9)17-13-6-5-11(15)8-12(13)16/h5-6,8-10,14,17H,3-4,7H2,1-2H3. The Kier molecular flexibility index (Phi) is 4.22. The maximum atomic E-state index is 6.19. The lowest BCUT2D eigenvalue weighted by Gasteiger charge is -2.34. The molecule has 94 valence electrons. The molecule has 0 amide bonds. The summed E-state index contributed by atoms with van der Waals surface area (Å²) in [7, 11) is 0. The zero-order valence-electron chi connectivity index (χ0n) is 10.3. The largest absolute Gasteiger partial charge is 0.381 e. The lowest BCUT2D eigenvalue weighted by molar-refractivity contribution is 0.281. The van der Waals surface area contributed by atoms with Crippen molar-refractivity contribution in [3.63, 3.8) is 0 Å². The van der Waals surface area contributed by atoms with Gasteiger partial charge in [-0.1, -0.05) is 43.5 Å². The molecule has 1 fully saturated rings. The SMILES string of the molecule is CC1CCC(C)C(Nc2ccc(Cl)cc2Cl)C1. The van der Waals surface area contributed by atoms with Crippen LogP contribution in [-0.2, 0) is 0 Å². The molecule has 1 aromatic carbocycles. The summed E-state index contributed by atoms with van der Waals surface area (Å²) >= 11 is 12.1. The van der Waals surface area contributed by atoms with E-state index in [1.54, 1.807) is 6.07 Å². The molecule has 1 nitrogen and oxygen atoms in total. The number of nitrogens with one attached hydrogen (secondary N) is 1. The molecule has 1 aliphatic rings. The Morgan fingerprint density at radius 3 is 2.65 bits per heavy atom. The van der Waals surface area contributed by atoms with Gasteiger partial charge in [-0.3, -0.25) is 0 Å². The fraction of sp³-hybridized carbons (Fsp3) is 0.571.